The van der Waals surface area contributed by atoms with Crippen molar-refractivity contribution in [2.45, 2.75) is 20.4 Å². The lowest BCUT2D eigenvalue weighted by Crippen LogP contribution is -2.34. The lowest BCUT2D eigenvalue weighted by atomic mass is 10.1. The lowest BCUT2D eigenvalue weighted by molar-refractivity contribution is -0.664. The Morgan fingerprint density at radius 3 is 2.36 bits per heavy atom. The van der Waals surface area contributed by atoms with Crippen LogP contribution in [0.25, 0.3) is 11.3 Å². The number of rotatable bonds is 4. The number of aromatic hydroxyl groups is 1. The highest BCUT2D eigenvalue weighted by Crippen LogP contribution is 2.26. The summed E-state index contributed by atoms with van der Waals surface area (Å²) >= 11 is 1.69. The molecule has 0 aliphatic heterocycles. The molecule has 0 spiro atoms. The summed E-state index contributed by atoms with van der Waals surface area (Å²) in [7, 11) is 0. The summed E-state index contributed by atoms with van der Waals surface area (Å²) in [5.41, 5.74) is 4.68. The second-order valence-corrected chi connectivity index (χ2v) is 6.07. The molecule has 112 valence electrons. The van der Waals surface area contributed by atoms with Gasteiger partial charge in [0, 0.05) is 10.9 Å². The van der Waals surface area contributed by atoms with Gasteiger partial charge in [0.1, 0.15) is 17.1 Å². The standard InChI is InChI=1S/C18H18N2OS/c1-3-20-17(14-6-4-13(2)5-7-14)12-22-18(20)19-15-8-10-16(21)11-9-15/h4-12,21H,3H2,1-2H3/p+1. The molecule has 3 aromatic rings. The molecule has 0 aliphatic carbocycles. The lowest BCUT2D eigenvalue weighted by Gasteiger charge is -2.04. The third-order valence-corrected chi connectivity index (χ3v) is 4.49. The summed E-state index contributed by atoms with van der Waals surface area (Å²) in [5.74, 6) is 0.278. The van der Waals surface area contributed by atoms with Crippen LogP contribution in [0.2, 0.25) is 0 Å². The van der Waals surface area contributed by atoms with Crippen LogP contribution >= 0.6 is 11.3 Å². The number of hydrogen-bond donors (Lipinski definition) is 2. The van der Waals surface area contributed by atoms with Crippen LogP contribution in [0, 0.1) is 6.92 Å². The van der Waals surface area contributed by atoms with Gasteiger partial charge in [0.25, 0.3) is 0 Å². The zero-order valence-electron chi connectivity index (χ0n) is 12.7. The van der Waals surface area contributed by atoms with Crippen LogP contribution in [0.3, 0.4) is 0 Å². The quantitative estimate of drug-likeness (QED) is 0.550. The van der Waals surface area contributed by atoms with Crippen LogP contribution in [0.1, 0.15) is 12.5 Å². The van der Waals surface area contributed by atoms with Gasteiger partial charge in [-0.1, -0.05) is 41.2 Å². The Bertz CT molecular complexity index is 761. The molecule has 0 atom stereocenters. The number of thiazole rings is 1. The maximum absolute atomic E-state index is 9.37. The molecule has 0 unspecified atom stereocenters. The number of nitrogens with zero attached hydrogens (tertiary/aromatic N) is 1. The van der Waals surface area contributed by atoms with Gasteiger partial charge in [0.2, 0.25) is 0 Å². The van der Waals surface area contributed by atoms with E-state index in [4.69, 9.17) is 0 Å². The highest BCUT2D eigenvalue weighted by atomic mass is 32.1. The number of nitrogens with one attached hydrogen (secondary N) is 1. The first-order chi connectivity index (χ1) is 10.7. The van der Waals surface area contributed by atoms with E-state index < -0.39 is 0 Å². The van der Waals surface area contributed by atoms with E-state index in [0.717, 1.165) is 17.4 Å². The predicted molar refractivity (Wildman–Crippen MR) is 91.8 cm³/mol. The van der Waals surface area contributed by atoms with Crippen LogP contribution in [0.15, 0.2) is 53.9 Å². The number of anilines is 2. The summed E-state index contributed by atoms with van der Waals surface area (Å²) in [6.07, 6.45) is 0. The van der Waals surface area contributed by atoms with Crippen molar-refractivity contribution in [3.8, 4) is 17.0 Å². The largest absolute Gasteiger partial charge is 0.508 e. The van der Waals surface area contributed by atoms with E-state index in [-0.39, 0.29) is 5.75 Å². The van der Waals surface area contributed by atoms with Gasteiger partial charge in [-0.25, -0.2) is 9.88 Å². The SMILES string of the molecule is CC[n+]1c(-c2ccc(C)cc2)csc1Nc1ccc(O)cc1. The molecule has 0 amide bonds. The molecular weight excluding hydrogens is 292 g/mol. The molecule has 1 aromatic heterocycles. The van der Waals surface area contributed by atoms with E-state index in [1.54, 1.807) is 23.5 Å². The first-order valence-corrected chi connectivity index (χ1v) is 8.20. The van der Waals surface area contributed by atoms with Crippen molar-refractivity contribution < 1.29 is 9.67 Å². The second kappa shape index (κ2) is 6.20. The molecule has 22 heavy (non-hydrogen) atoms. The van der Waals surface area contributed by atoms with Gasteiger partial charge >= 0.3 is 5.13 Å². The first-order valence-electron chi connectivity index (χ1n) is 7.32. The smallest absolute Gasteiger partial charge is 0.339 e. The topological polar surface area (TPSA) is 36.1 Å². The molecule has 0 fully saturated rings. The summed E-state index contributed by atoms with van der Waals surface area (Å²) in [6.45, 7) is 5.14. The molecule has 4 heteroatoms. The zero-order chi connectivity index (χ0) is 15.5. The van der Waals surface area contributed by atoms with Gasteiger partial charge in [-0.3, -0.25) is 0 Å². The fourth-order valence-electron chi connectivity index (χ4n) is 2.38. The maximum atomic E-state index is 9.37. The first kappa shape index (κ1) is 14.6. The molecule has 0 bridgehead atoms. The molecular formula is C18H19N2OS+. The van der Waals surface area contributed by atoms with Gasteiger partial charge in [0.15, 0.2) is 0 Å². The minimum absolute atomic E-state index is 0.278. The summed E-state index contributed by atoms with van der Waals surface area (Å²) < 4.78 is 2.27. The van der Waals surface area contributed by atoms with Gasteiger partial charge in [0.05, 0.1) is 6.54 Å². The molecule has 2 N–H and O–H groups in total. The Labute approximate surface area is 134 Å². The van der Waals surface area contributed by atoms with E-state index >= 15 is 0 Å². The van der Waals surface area contributed by atoms with Gasteiger partial charge < -0.3 is 5.11 Å². The minimum atomic E-state index is 0.278. The number of hydrogen-bond acceptors (Lipinski definition) is 3. The van der Waals surface area contributed by atoms with Crippen LogP contribution in [-0.2, 0) is 6.54 Å². The molecule has 0 aliphatic rings. The third-order valence-electron chi connectivity index (χ3n) is 3.60. The summed E-state index contributed by atoms with van der Waals surface area (Å²) in [4.78, 5) is 0. The molecule has 0 saturated heterocycles. The molecule has 0 saturated carbocycles. The molecule has 3 rings (SSSR count). The van der Waals surface area contributed by atoms with Crippen LogP contribution < -0.4 is 9.88 Å². The maximum Gasteiger partial charge on any atom is 0.339 e. The average molecular weight is 311 g/mol. The molecule has 3 nitrogen and oxygen atoms in total. The third kappa shape index (κ3) is 2.97. The predicted octanol–water partition coefficient (Wildman–Crippen LogP) is 4.48. The van der Waals surface area contributed by atoms with Gasteiger partial charge in [-0.2, -0.15) is 0 Å². The number of phenolic OH excluding ortho intramolecular Hbond substituents is 1. The summed E-state index contributed by atoms with van der Waals surface area (Å²) in [6, 6.07) is 15.7. The van der Waals surface area contributed by atoms with Crippen molar-refractivity contribution >= 4 is 22.2 Å². The van der Waals surface area contributed by atoms with Gasteiger partial charge in [-0.15, -0.1) is 0 Å². The fourth-order valence-corrected chi connectivity index (χ4v) is 3.39. The van der Waals surface area contributed by atoms with E-state index in [0.29, 0.717) is 0 Å². The van der Waals surface area contributed by atoms with Crippen molar-refractivity contribution in [2.24, 2.45) is 0 Å². The zero-order valence-corrected chi connectivity index (χ0v) is 13.5. The van der Waals surface area contributed by atoms with E-state index in [9.17, 15) is 5.11 Å². The molecule has 2 aromatic carbocycles. The number of benzene rings is 2. The Hall–Kier alpha value is -2.33. The minimum Gasteiger partial charge on any atom is -0.508 e. The van der Waals surface area contributed by atoms with Crippen molar-refractivity contribution in [3.63, 3.8) is 0 Å². The monoisotopic (exact) mass is 311 g/mol. The van der Waals surface area contributed by atoms with E-state index in [1.165, 1.54) is 16.8 Å². The van der Waals surface area contributed by atoms with Crippen LogP contribution in [-0.4, -0.2) is 5.11 Å². The van der Waals surface area contributed by atoms with Crippen molar-refractivity contribution in [1.29, 1.82) is 0 Å². The highest BCUT2D eigenvalue weighted by Gasteiger charge is 2.18. The molecule has 0 radical (unpaired) electrons. The average Bonchev–Trinajstić information content (AvgIpc) is 2.93. The normalized spacial score (nSPS) is 10.6. The van der Waals surface area contributed by atoms with E-state index in [2.05, 4.69) is 53.4 Å². The van der Waals surface area contributed by atoms with Gasteiger partial charge in [-0.05, 0) is 38.1 Å². The van der Waals surface area contributed by atoms with E-state index in [1.807, 2.05) is 12.1 Å². The summed E-state index contributed by atoms with van der Waals surface area (Å²) in [5, 5.41) is 16.1. The van der Waals surface area contributed by atoms with Crippen molar-refractivity contribution in [1.82, 2.24) is 0 Å². The number of aryl methyl sites for hydroxylation is 1. The van der Waals surface area contributed by atoms with Crippen LogP contribution in [0.4, 0.5) is 10.8 Å². The van der Waals surface area contributed by atoms with Crippen LogP contribution in [0.5, 0.6) is 5.75 Å². The number of phenols is 1. The van der Waals surface area contributed by atoms with Crippen molar-refractivity contribution in [3.05, 3.63) is 59.5 Å². The number of aromatic nitrogens is 1. The Morgan fingerprint density at radius 1 is 1.05 bits per heavy atom. The second-order valence-electron chi connectivity index (χ2n) is 5.21. The Balaban J connectivity index is 1.93. The highest BCUT2D eigenvalue weighted by molar-refractivity contribution is 7.13. The van der Waals surface area contributed by atoms with Crippen molar-refractivity contribution in [2.75, 3.05) is 5.32 Å². The fraction of sp³-hybridized carbons (Fsp3) is 0.167. The Morgan fingerprint density at radius 2 is 1.73 bits per heavy atom. The Kier molecular flexibility index (Phi) is 4.11. The molecule has 1 heterocycles.